The number of hydrogen-bond donors (Lipinski definition) is 3. The number of ether oxygens (including phenoxy) is 1. The molecule has 0 unspecified atom stereocenters. The second-order valence-electron chi connectivity index (χ2n) is 8.84. The van der Waals surface area contributed by atoms with E-state index in [0.717, 1.165) is 5.56 Å². The van der Waals surface area contributed by atoms with E-state index in [4.69, 9.17) is 21.4 Å². The molecule has 0 radical (unpaired) electrons. The second kappa shape index (κ2) is 14.6. The summed E-state index contributed by atoms with van der Waals surface area (Å²) in [4.78, 5) is 25.6. The van der Waals surface area contributed by atoms with E-state index >= 15 is 0 Å². The van der Waals surface area contributed by atoms with Crippen LogP contribution in [0.25, 0.3) is 11.1 Å². The first-order valence-corrected chi connectivity index (χ1v) is 12.7. The molecule has 0 aliphatic heterocycles. The highest BCUT2D eigenvalue weighted by Gasteiger charge is 2.27. The van der Waals surface area contributed by atoms with Crippen molar-refractivity contribution < 1.29 is 23.8 Å². The molecule has 198 valence electrons. The van der Waals surface area contributed by atoms with E-state index < -0.39 is 5.92 Å². The molecular formula is C27H32ClFN4O4. The van der Waals surface area contributed by atoms with E-state index in [1.54, 1.807) is 13.0 Å². The maximum absolute atomic E-state index is 14.3. The van der Waals surface area contributed by atoms with E-state index in [1.807, 2.05) is 24.3 Å². The van der Waals surface area contributed by atoms with Gasteiger partial charge in [-0.3, -0.25) is 9.59 Å². The van der Waals surface area contributed by atoms with Crippen molar-refractivity contribution in [2.75, 3.05) is 26.3 Å². The number of esters is 1. The molecule has 0 saturated heterocycles. The number of aromatic nitrogens is 3. The number of ketones is 1. The number of nitrogens with one attached hydrogen (secondary N) is 2. The zero-order chi connectivity index (χ0) is 26.6. The van der Waals surface area contributed by atoms with Crippen LogP contribution in [0.1, 0.15) is 42.2 Å². The van der Waals surface area contributed by atoms with Crippen molar-refractivity contribution in [2.45, 2.75) is 32.6 Å². The summed E-state index contributed by atoms with van der Waals surface area (Å²) < 4.78 is 19.6. The standard InChI is InChI=1S/C27H32ClFN4O4/c1-2-37-27(36)21(16-30-10-3-11-34)13-19(14-26(35)25-17-31-33-32-25)12-18-4-6-20(7-5-18)23-15-22(28)8-9-24(23)29/h4-9,15,17,19,21,30,34H,2-3,10-14,16H2,1H3,(H,31,32,33)/t19-,21+/m1/s1. The summed E-state index contributed by atoms with van der Waals surface area (Å²) in [7, 11) is 0. The van der Waals surface area contributed by atoms with Crippen LogP contribution in [0.5, 0.6) is 0 Å². The van der Waals surface area contributed by atoms with Crippen LogP contribution >= 0.6 is 11.6 Å². The lowest BCUT2D eigenvalue weighted by atomic mass is 9.85. The number of rotatable bonds is 15. The van der Waals surface area contributed by atoms with Gasteiger partial charge in [0.05, 0.1) is 18.7 Å². The Hall–Kier alpha value is -3.14. The molecule has 3 aromatic rings. The zero-order valence-corrected chi connectivity index (χ0v) is 21.5. The number of carbonyl (C=O) groups is 2. The summed E-state index contributed by atoms with van der Waals surface area (Å²) in [6, 6.07) is 11.8. The molecule has 1 aromatic heterocycles. The van der Waals surface area contributed by atoms with Gasteiger partial charge in [-0.15, -0.1) is 0 Å². The fraction of sp³-hybridized carbons (Fsp3) is 0.407. The SMILES string of the molecule is CCOC(=O)[C@H](CNCCCO)C[C@H](CC(=O)c1cn[nH]n1)Cc1ccc(-c2cc(Cl)ccc2F)cc1. The van der Waals surface area contributed by atoms with Gasteiger partial charge in [0.2, 0.25) is 0 Å². The van der Waals surface area contributed by atoms with Crippen molar-refractivity contribution in [3.05, 3.63) is 70.8 Å². The molecule has 37 heavy (non-hydrogen) atoms. The predicted octanol–water partition coefficient (Wildman–Crippen LogP) is 4.24. The molecule has 10 heteroatoms. The van der Waals surface area contributed by atoms with Crippen molar-refractivity contribution in [1.82, 2.24) is 20.7 Å². The molecule has 8 nitrogen and oxygen atoms in total. The predicted molar refractivity (Wildman–Crippen MR) is 139 cm³/mol. The van der Waals surface area contributed by atoms with Crippen LogP contribution in [-0.4, -0.2) is 58.6 Å². The van der Waals surface area contributed by atoms with Gasteiger partial charge in [0, 0.05) is 30.2 Å². The van der Waals surface area contributed by atoms with Crippen LogP contribution in [0.4, 0.5) is 4.39 Å². The molecular weight excluding hydrogens is 499 g/mol. The monoisotopic (exact) mass is 530 g/mol. The average Bonchev–Trinajstić information content (AvgIpc) is 3.43. The lowest BCUT2D eigenvalue weighted by molar-refractivity contribution is -0.148. The minimum absolute atomic E-state index is 0.0565. The van der Waals surface area contributed by atoms with Gasteiger partial charge in [-0.1, -0.05) is 35.9 Å². The first-order valence-electron chi connectivity index (χ1n) is 12.3. The third-order valence-electron chi connectivity index (χ3n) is 6.03. The molecule has 1 heterocycles. The Morgan fingerprint density at radius 2 is 2.00 bits per heavy atom. The number of halogens is 2. The van der Waals surface area contributed by atoms with Gasteiger partial charge in [0.25, 0.3) is 0 Å². The molecule has 0 fully saturated rings. The Kier molecular flexibility index (Phi) is 11.2. The van der Waals surface area contributed by atoms with Gasteiger partial charge >= 0.3 is 5.97 Å². The summed E-state index contributed by atoms with van der Waals surface area (Å²) >= 11 is 6.04. The average molecular weight is 531 g/mol. The fourth-order valence-corrected chi connectivity index (χ4v) is 4.39. The Morgan fingerprint density at radius 3 is 2.68 bits per heavy atom. The lowest BCUT2D eigenvalue weighted by Gasteiger charge is -2.23. The number of aliphatic hydroxyl groups excluding tert-OH is 1. The fourth-order valence-electron chi connectivity index (χ4n) is 4.22. The Bertz CT molecular complexity index is 1140. The minimum Gasteiger partial charge on any atom is -0.466 e. The van der Waals surface area contributed by atoms with Gasteiger partial charge < -0.3 is 15.2 Å². The first-order chi connectivity index (χ1) is 17.9. The third kappa shape index (κ3) is 8.73. The lowest BCUT2D eigenvalue weighted by Crippen LogP contribution is -2.33. The van der Waals surface area contributed by atoms with E-state index in [2.05, 4.69) is 20.7 Å². The van der Waals surface area contributed by atoms with Crippen molar-refractivity contribution >= 4 is 23.4 Å². The van der Waals surface area contributed by atoms with Gasteiger partial charge in [-0.25, -0.2) is 4.39 Å². The maximum Gasteiger partial charge on any atom is 0.310 e. The number of aliphatic hydroxyl groups is 1. The van der Waals surface area contributed by atoms with Crippen LogP contribution in [-0.2, 0) is 16.0 Å². The van der Waals surface area contributed by atoms with Gasteiger partial charge in [0.15, 0.2) is 5.78 Å². The molecule has 3 N–H and O–H groups in total. The van der Waals surface area contributed by atoms with E-state index in [0.29, 0.717) is 48.5 Å². The van der Waals surface area contributed by atoms with Crippen molar-refractivity contribution in [3.8, 4) is 11.1 Å². The molecule has 2 atom stereocenters. The van der Waals surface area contributed by atoms with Crippen LogP contribution in [0.2, 0.25) is 5.02 Å². The Balaban J connectivity index is 1.78. The highest BCUT2D eigenvalue weighted by molar-refractivity contribution is 6.30. The number of carbonyl (C=O) groups excluding carboxylic acids is 2. The topological polar surface area (TPSA) is 117 Å². The van der Waals surface area contributed by atoms with E-state index in [9.17, 15) is 14.0 Å². The number of nitrogens with zero attached hydrogens (tertiary/aromatic N) is 2. The molecule has 0 saturated carbocycles. The highest BCUT2D eigenvalue weighted by atomic mass is 35.5. The Morgan fingerprint density at radius 1 is 1.22 bits per heavy atom. The van der Waals surface area contributed by atoms with Crippen molar-refractivity contribution in [2.24, 2.45) is 11.8 Å². The molecule has 3 rings (SSSR count). The number of aromatic amines is 1. The quantitative estimate of drug-likeness (QED) is 0.153. The number of benzene rings is 2. The normalized spacial score (nSPS) is 12.8. The third-order valence-corrected chi connectivity index (χ3v) is 6.27. The maximum atomic E-state index is 14.3. The minimum atomic E-state index is -0.464. The van der Waals surface area contributed by atoms with Crippen molar-refractivity contribution in [1.29, 1.82) is 0 Å². The summed E-state index contributed by atoms with van der Waals surface area (Å²) in [6.07, 6.45) is 3.06. The molecule has 0 bridgehead atoms. The molecule has 0 amide bonds. The van der Waals surface area contributed by atoms with Gasteiger partial charge in [0.1, 0.15) is 11.5 Å². The summed E-state index contributed by atoms with van der Waals surface area (Å²) in [5.74, 6) is -1.52. The van der Waals surface area contributed by atoms with Crippen molar-refractivity contribution in [3.63, 3.8) is 0 Å². The largest absolute Gasteiger partial charge is 0.466 e. The summed E-state index contributed by atoms with van der Waals surface area (Å²) in [5.41, 5.74) is 2.29. The summed E-state index contributed by atoms with van der Waals surface area (Å²) in [6.45, 7) is 3.01. The van der Waals surface area contributed by atoms with Crippen LogP contribution in [0.15, 0.2) is 48.7 Å². The van der Waals surface area contributed by atoms with E-state index in [1.165, 1.54) is 18.3 Å². The smallest absolute Gasteiger partial charge is 0.310 e. The first kappa shape index (κ1) is 28.4. The molecule has 0 spiro atoms. The molecule has 0 aliphatic rings. The number of H-pyrrole nitrogens is 1. The van der Waals surface area contributed by atoms with Gasteiger partial charge in [-0.05, 0) is 68.0 Å². The summed E-state index contributed by atoms with van der Waals surface area (Å²) in [5, 5.41) is 22.7. The van der Waals surface area contributed by atoms with E-state index in [-0.39, 0.29) is 48.8 Å². The number of Topliss-reactive ketones (excluding diaryl/α,β-unsaturated/α-hetero) is 1. The number of hydrogen-bond acceptors (Lipinski definition) is 7. The van der Waals surface area contributed by atoms with Gasteiger partial charge in [-0.2, -0.15) is 15.4 Å². The Labute approximate surface area is 220 Å². The second-order valence-corrected chi connectivity index (χ2v) is 9.28. The van der Waals surface area contributed by atoms with Crippen LogP contribution in [0.3, 0.4) is 0 Å². The highest BCUT2D eigenvalue weighted by Crippen LogP contribution is 2.28. The molecule has 0 aliphatic carbocycles. The van der Waals surface area contributed by atoms with Crippen LogP contribution < -0.4 is 5.32 Å². The zero-order valence-electron chi connectivity index (χ0n) is 20.8. The molecule has 2 aromatic carbocycles. The van der Waals surface area contributed by atoms with Crippen LogP contribution in [0, 0.1) is 17.7 Å².